The number of nitrogens with zero attached hydrogens (tertiary/aromatic N) is 7. The van der Waals surface area contributed by atoms with Crippen LogP contribution in [0.25, 0.3) is 0 Å². The van der Waals surface area contributed by atoms with Gasteiger partial charge >= 0.3 is 12.2 Å². The zero-order valence-electron chi connectivity index (χ0n) is 24.3. The fourth-order valence-electron chi connectivity index (χ4n) is 6.16. The number of carbonyl (C=O) groups excluding carboxylic acids is 1. The van der Waals surface area contributed by atoms with E-state index < -0.39 is 11.7 Å². The number of halogens is 4. The second kappa shape index (κ2) is 12.6. The van der Waals surface area contributed by atoms with Crippen molar-refractivity contribution >= 4 is 29.0 Å². The second-order valence-corrected chi connectivity index (χ2v) is 11.9. The first-order chi connectivity index (χ1) is 20.5. The van der Waals surface area contributed by atoms with Gasteiger partial charge in [-0.2, -0.15) is 28.4 Å². The summed E-state index contributed by atoms with van der Waals surface area (Å²) >= 11 is 6.03. The van der Waals surface area contributed by atoms with E-state index in [0.717, 1.165) is 18.4 Å². The van der Waals surface area contributed by atoms with Crippen molar-refractivity contribution in [2.45, 2.75) is 50.5 Å². The molecule has 43 heavy (non-hydrogen) atoms. The Labute approximate surface area is 254 Å². The molecule has 3 heterocycles. The highest BCUT2D eigenvalue weighted by Gasteiger charge is 2.39. The lowest BCUT2D eigenvalue weighted by atomic mass is 9.80. The first-order valence-corrected chi connectivity index (χ1v) is 14.7. The fraction of sp³-hybridized carbons (Fsp3) is 0.533. The van der Waals surface area contributed by atoms with E-state index in [1.54, 1.807) is 9.80 Å². The summed E-state index contributed by atoms with van der Waals surface area (Å²) in [7, 11) is 4.11. The number of carbonyl (C=O) groups is 1. The van der Waals surface area contributed by atoms with E-state index in [9.17, 15) is 23.2 Å². The number of fused-ring (bicyclic) bond motifs is 1. The third-order valence-electron chi connectivity index (χ3n) is 8.59. The van der Waals surface area contributed by atoms with Crippen LogP contribution in [0, 0.1) is 17.2 Å². The average molecular weight is 618 g/mol. The van der Waals surface area contributed by atoms with Crippen LogP contribution in [0.4, 0.5) is 24.7 Å². The molecule has 0 unspecified atom stereocenters. The lowest BCUT2D eigenvalue weighted by Crippen LogP contribution is -2.55. The zero-order chi connectivity index (χ0) is 30.9. The van der Waals surface area contributed by atoms with Gasteiger partial charge in [0.2, 0.25) is 5.91 Å². The second-order valence-electron chi connectivity index (χ2n) is 11.5. The van der Waals surface area contributed by atoms with Crippen molar-refractivity contribution in [3.63, 3.8) is 0 Å². The number of benzene rings is 1. The summed E-state index contributed by atoms with van der Waals surface area (Å²) < 4.78 is 48.1. The summed E-state index contributed by atoms with van der Waals surface area (Å²) in [4.78, 5) is 29.5. The molecule has 1 aromatic heterocycles. The van der Waals surface area contributed by atoms with E-state index in [1.807, 2.05) is 4.90 Å². The normalized spacial score (nSPS) is 22.1. The zero-order valence-corrected chi connectivity index (χ0v) is 25.0. The van der Waals surface area contributed by atoms with E-state index in [1.165, 1.54) is 24.3 Å². The molecule has 5 rings (SSSR count). The lowest BCUT2D eigenvalue weighted by molar-refractivity contribution is -0.137. The molecule has 13 heteroatoms. The molecule has 1 atom stereocenters. The number of hydrogen-bond acceptors (Lipinski definition) is 8. The van der Waals surface area contributed by atoms with Crippen LogP contribution in [0.3, 0.4) is 0 Å². The molecule has 1 aromatic carbocycles. The van der Waals surface area contributed by atoms with Crippen molar-refractivity contribution in [2.75, 3.05) is 56.7 Å². The van der Waals surface area contributed by atoms with Gasteiger partial charge in [-0.15, -0.1) is 0 Å². The maximum atomic E-state index is 14.0. The standard InChI is InChI=1S/C30H35ClF3N7O2/c1-4-26(42)41-13-12-40(16-20(41)8-10-35)28-22-9-11-39(25-7-5-6-23(31)27(25)30(32,33)34)17-24(22)36-29(37-28)43-18-19-14-21(15-19)38(2)3/h4-7,19-21H,1,8-9,11-18H2,2-3H3/t19?,20-,21?/m0/s1. The molecule has 3 aliphatic rings. The molecule has 2 aliphatic heterocycles. The van der Waals surface area contributed by atoms with Gasteiger partial charge in [0.15, 0.2) is 0 Å². The summed E-state index contributed by atoms with van der Waals surface area (Å²) in [6.07, 6.45) is -0.823. The summed E-state index contributed by atoms with van der Waals surface area (Å²) in [6.45, 7) is 5.67. The van der Waals surface area contributed by atoms with Crippen LogP contribution in [0.2, 0.25) is 5.02 Å². The monoisotopic (exact) mass is 617 g/mol. The SMILES string of the molecule is C=CC(=O)N1CCN(c2nc(OCC3CC(N(C)C)C3)nc3c2CCN(c2cccc(Cl)c2C(F)(F)F)C3)C[C@@H]1CC#N. The third-order valence-corrected chi connectivity index (χ3v) is 8.91. The number of aromatic nitrogens is 2. The third kappa shape index (κ3) is 6.53. The van der Waals surface area contributed by atoms with Gasteiger partial charge in [-0.25, -0.2) is 0 Å². The van der Waals surface area contributed by atoms with Crippen LogP contribution in [0.15, 0.2) is 30.9 Å². The van der Waals surface area contributed by atoms with Crippen LogP contribution in [0.1, 0.15) is 36.1 Å². The number of anilines is 2. The molecule has 0 N–H and O–H groups in total. The number of amides is 1. The fourth-order valence-corrected chi connectivity index (χ4v) is 6.44. The van der Waals surface area contributed by atoms with E-state index in [4.69, 9.17) is 26.3 Å². The number of alkyl halides is 3. The molecule has 9 nitrogen and oxygen atoms in total. The molecule has 0 radical (unpaired) electrons. The smallest absolute Gasteiger partial charge is 0.419 e. The van der Waals surface area contributed by atoms with Gasteiger partial charge < -0.3 is 24.3 Å². The molecule has 2 fully saturated rings. The van der Waals surface area contributed by atoms with Gasteiger partial charge in [0.1, 0.15) is 5.82 Å². The first-order valence-electron chi connectivity index (χ1n) is 14.3. The van der Waals surface area contributed by atoms with E-state index in [2.05, 4.69) is 31.6 Å². The van der Waals surface area contributed by atoms with E-state index >= 15 is 0 Å². The Hall–Kier alpha value is -3.56. The highest BCUT2D eigenvalue weighted by atomic mass is 35.5. The minimum atomic E-state index is -4.62. The van der Waals surface area contributed by atoms with Gasteiger partial charge in [0.25, 0.3) is 0 Å². The van der Waals surface area contributed by atoms with Crippen molar-refractivity contribution in [1.82, 2.24) is 19.8 Å². The Balaban J connectivity index is 1.46. The molecule has 0 bridgehead atoms. The van der Waals surface area contributed by atoms with Crippen LogP contribution in [-0.2, 0) is 23.9 Å². The Bertz CT molecular complexity index is 1410. The Kier molecular flexibility index (Phi) is 9.04. The number of piperazine rings is 1. The quantitative estimate of drug-likeness (QED) is 0.399. The minimum Gasteiger partial charge on any atom is -0.463 e. The molecule has 1 saturated carbocycles. The Morgan fingerprint density at radius 3 is 2.67 bits per heavy atom. The summed E-state index contributed by atoms with van der Waals surface area (Å²) in [5.74, 6) is 0.763. The molecule has 230 valence electrons. The molecule has 0 spiro atoms. The topological polar surface area (TPSA) is 88.8 Å². The Morgan fingerprint density at radius 1 is 1.23 bits per heavy atom. The van der Waals surface area contributed by atoms with Crippen molar-refractivity contribution in [3.8, 4) is 12.1 Å². The van der Waals surface area contributed by atoms with Gasteiger partial charge in [-0.1, -0.05) is 24.2 Å². The van der Waals surface area contributed by atoms with Gasteiger partial charge in [-0.3, -0.25) is 4.79 Å². The van der Waals surface area contributed by atoms with Gasteiger partial charge in [0, 0.05) is 37.8 Å². The maximum Gasteiger partial charge on any atom is 0.419 e. The van der Waals surface area contributed by atoms with Crippen LogP contribution < -0.4 is 14.5 Å². The first kappa shape index (κ1) is 30.9. The molecular formula is C30H35ClF3N7O2. The predicted molar refractivity (Wildman–Crippen MR) is 157 cm³/mol. The van der Waals surface area contributed by atoms with Crippen molar-refractivity contribution in [1.29, 1.82) is 5.26 Å². The number of ether oxygens (including phenoxy) is 1. The van der Waals surface area contributed by atoms with Crippen molar-refractivity contribution in [3.05, 3.63) is 52.7 Å². The highest BCUT2D eigenvalue weighted by Crippen LogP contribution is 2.43. The van der Waals surface area contributed by atoms with E-state index in [0.29, 0.717) is 62.7 Å². The molecule has 2 aromatic rings. The number of nitriles is 1. The molecule has 1 amide bonds. The average Bonchev–Trinajstić information content (AvgIpc) is 2.94. The molecule has 1 aliphatic carbocycles. The predicted octanol–water partition coefficient (Wildman–Crippen LogP) is 4.55. The van der Waals surface area contributed by atoms with Crippen LogP contribution >= 0.6 is 11.6 Å². The van der Waals surface area contributed by atoms with Crippen molar-refractivity contribution in [2.24, 2.45) is 5.92 Å². The minimum absolute atomic E-state index is 0.00288. The van der Waals surface area contributed by atoms with E-state index in [-0.39, 0.29) is 41.6 Å². The Morgan fingerprint density at radius 2 is 2.00 bits per heavy atom. The highest BCUT2D eigenvalue weighted by molar-refractivity contribution is 6.31. The molecule has 1 saturated heterocycles. The summed E-state index contributed by atoms with van der Waals surface area (Å²) in [5, 5.41) is 9.10. The van der Waals surface area contributed by atoms with Crippen LogP contribution in [-0.4, -0.2) is 84.6 Å². The summed E-state index contributed by atoms with van der Waals surface area (Å²) in [5.41, 5.74) is 0.548. The van der Waals surface area contributed by atoms with Gasteiger partial charge in [0.05, 0.1) is 53.7 Å². The number of hydrogen-bond donors (Lipinski definition) is 0. The largest absolute Gasteiger partial charge is 0.463 e. The summed E-state index contributed by atoms with van der Waals surface area (Å²) in [6, 6.07) is 6.68. The maximum absolute atomic E-state index is 14.0. The lowest BCUT2D eigenvalue weighted by Gasteiger charge is -2.42. The molecular weight excluding hydrogens is 583 g/mol. The number of rotatable bonds is 8. The van der Waals surface area contributed by atoms with Crippen LogP contribution in [0.5, 0.6) is 6.01 Å². The van der Waals surface area contributed by atoms with Crippen molar-refractivity contribution < 1.29 is 22.7 Å². The van der Waals surface area contributed by atoms with Gasteiger partial charge in [-0.05, 0) is 57.5 Å².